The Morgan fingerprint density at radius 1 is 0.943 bits per heavy atom. The first kappa shape index (κ1) is 27.1. The van der Waals surface area contributed by atoms with Crippen LogP contribution in [0.25, 0.3) is 16.6 Å². The van der Waals surface area contributed by atoms with Gasteiger partial charge in [0.1, 0.15) is 11.0 Å². The Labute approximate surface area is 234 Å². The number of hydrogen-bond acceptors (Lipinski definition) is 8. The number of anilines is 1. The summed E-state index contributed by atoms with van der Waals surface area (Å²) in [4.78, 5) is 29.1. The minimum atomic E-state index is -1.41. The van der Waals surface area contributed by atoms with E-state index >= 15 is 0 Å². The second kappa shape index (κ2) is 12.0. The summed E-state index contributed by atoms with van der Waals surface area (Å²) in [7, 11) is 3.86. The second-order valence-corrected chi connectivity index (χ2v) is 9.32. The average Bonchev–Trinajstić information content (AvgIpc) is 3.31. The Kier molecular flexibility index (Phi) is 9.27. The van der Waals surface area contributed by atoms with E-state index in [1.165, 1.54) is 0 Å². The number of ketones is 1. The molecule has 0 amide bonds. The van der Waals surface area contributed by atoms with Crippen molar-refractivity contribution in [1.29, 1.82) is 0 Å². The predicted octanol–water partition coefficient (Wildman–Crippen LogP) is 1.11. The number of Topliss-reactive ketones (excluding diaryl/α,β-unsaturated/α-hetero) is 1. The quantitative estimate of drug-likeness (QED) is 0.152. The molecule has 1 heterocycles. The fraction of sp³-hybridized carbons (Fsp3) is 0.154. The van der Waals surface area contributed by atoms with Crippen molar-refractivity contribution in [3.05, 3.63) is 89.0 Å². The molecule has 0 spiro atoms. The normalized spacial score (nSPS) is 11.5. The Morgan fingerprint density at radius 3 is 2.29 bits per heavy atom. The van der Waals surface area contributed by atoms with Gasteiger partial charge in [-0.3, -0.25) is 4.79 Å². The van der Waals surface area contributed by atoms with Crippen molar-refractivity contribution >= 4 is 57.5 Å². The van der Waals surface area contributed by atoms with E-state index in [1.54, 1.807) is 42.1 Å². The molecule has 0 aliphatic carbocycles. The van der Waals surface area contributed by atoms with Crippen LogP contribution in [0.5, 0.6) is 0 Å². The van der Waals surface area contributed by atoms with Crippen LogP contribution >= 0.6 is 23.5 Å². The van der Waals surface area contributed by atoms with E-state index in [-0.39, 0.29) is 52.9 Å². The van der Waals surface area contributed by atoms with Crippen LogP contribution in [0.3, 0.4) is 0 Å². The van der Waals surface area contributed by atoms with Crippen molar-refractivity contribution in [3.8, 4) is 0 Å². The molecule has 0 N–H and O–H groups in total. The number of nitrogens with zero attached hydrogens (tertiary/aromatic N) is 3. The minimum Gasteiger partial charge on any atom is -0.545 e. The van der Waals surface area contributed by atoms with E-state index in [2.05, 4.69) is 8.75 Å². The van der Waals surface area contributed by atoms with Gasteiger partial charge in [-0.25, -0.2) is 0 Å². The number of carboxylic acids is 1. The zero-order chi connectivity index (χ0) is 24.2. The topological polar surface area (TPSA) is 86.2 Å². The number of rotatable bonds is 8. The minimum absolute atomic E-state index is 0. The van der Waals surface area contributed by atoms with Gasteiger partial charge >= 0.3 is 29.6 Å². The van der Waals surface area contributed by atoms with Crippen LogP contribution in [0.15, 0.2) is 77.2 Å². The first-order valence-corrected chi connectivity index (χ1v) is 12.4. The van der Waals surface area contributed by atoms with Crippen LogP contribution in [-0.2, 0) is 11.2 Å². The van der Waals surface area contributed by atoms with E-state index in [0.29, 0.717) is 22.2 Å². The third-order valence-electron chi connectivity index (χ3n) is 5.48. The number of allylic oxidation sites excluding steroid dienone is 1. The van der Waals surface area contributed by atoms with Gasteiger partial charge in [0.05, 0.1) is 17.7 Å². The number of hydrogen-bond donors (Lipinski definition) is 0. The van der Waals surface area contributed by atoms with E-state index in [1.807, 2.05) is 61.6 Å². The van der Waals surface area contributed by atoms with Crippen molar-refractivity contribution in [2.45, 2.75) is 11.3 Å². The Bertz CT molecular complexity index is 1400. The molecule has 0 radical (unpaired) electrons. The fourth-order valence-corrected chi connectivity index (χ4v) is 4.63. The molecule has 0 aliphatic heterocycles. The Balaban J connectivity index is 0.00000342. The van der Waals surface area contributed by atoms with E-state index < -0.39 is 5.97 Å². The molecule has 0 fully saturated rings. The van der Waals surface area contributed by atoms with Crippen LogP contribution in [0.2, 0.25) is 0 Å². The van der Waals surface area contributed by atoms with Crippen LogP contribution < -0.4 is 39.6 Å². The molecule has 1 aromatic heterocycles. The number of thioether (sulfide) groups is 1. The maximum absolute atomic E-state index is 13.7. The van der Waals surface area contributed by atoms with Crippen molar-refractivity contribution in [2.24, 2.45) is 0 Å². The molecular formula is C26H22N3NaO3S2. The summed E-state index contributed by atoms with van der Waals surface area (Å²) in [5, 5.41) is 12.5. The first-order valence-electron chi connectivity index (χ1n) is 10.5. The van der Waals surface area contributed by atoms with Crippen LogP contribution in [0.1, 0.15) is 21.5 Å². The summed E-state index contributed by atoms with van der Waals surface area (Å²) in [6.07, 6.45) is 2.10. The van der Waals surface area contributed by atoms with E-state index in [4.69, 9.17) is 0 Å². The smallest absolute Gasteiger partial charge is 0.545 e. The van der Waals surface area contributed by atoms with Gasteiger partial charge in [0.15, 0.2) is 5.78 Å². The van der Waals surface area contributed by atoms with Crippen molar-refractivity contribution in [1.82, 2.24) is 8.75 Å². The number of fused-ring (bicyclic) bond motifs is 1. The molecule has 0 aliphatic rings. The number of benzene rings is 3. The fourth-order valence-electron chi connectivity index (χ4n) is 3.70. The largest absolute Gasteiger partial charge is 1.00 e. The van der Waals surface area contributed by atoms with Gasteiger partial charge < -0.3 is 14.8 Å². The second-order valence-electron chi connectivity index (χ2n) is 7.91. The molecule has 0 saturated heterocycles. The van der Waals surface area contributed by atoms with Crippen molar-refractivity contribution in [3.63, 3.8) is 0 Å². The molecule has 9 heteroatoms. The van der Waals surface area contributed by atoms with Crippen LogP contribution in [-0.4, -0.2) is 40.9 Å². The SMILES string of the molecule is CSc1ccc(C(=O)C(Cc2cccc(N(C)C)c2)=C(C(=O)[O-])c2ccc3nsnc3c2)cc1.[Na+]. The van der Waals surface area contributed by atoms with Gasteiger partial charge in [0.25, 0.3) is 0 Å². The van der Waals surface area contributed by atoms with Crippen molar-refractivity contribution < 1.29 is 44.3 Å². The van der Waals surface area contributed by atoms with Gasteiger partial charge in [-0.15, -0.1) is 11.8 Å². The number of carboxylic acid groups (broad SMARTS) is 1. The summed E-state index contributed by atoms with van der Waals surface area (Å²) in [5.41, 5.74) is 3.85. The monoisotopic (exact) mass is 511 g/mol. The zero-order valence-corrected chi connectivity index (χ0v) is 23.6. The third-order valence-corrected chi connectivity index (χ3v) is 6.78. The molecule has 6 nitrogen and oxygen atoms in total. The molecule has 4 rings (SSSR count). The number of aromatic nitrogens is 2. The number of aliphatic carboxylic acids is 1. The standard InChI is InChI=1S/C26H23N3O3S2.Na/c1-29(2)19-6-4-5-16(13-19)14-21(25(30)17-7-10-20(33-3)11-8-17)24(26(31)32)18-9-12-22-23(15-18)28-34-27-22;/h4-13,15H,14H2,1-3H3,(H,31,32);/q;+1/p-1. The summed E-state index contributed by atoms with van der Waals surface area (Å²) >= 11 is 2.62. The molecule has 0 atom stereocenters. The van der Waals surface area contributed by atoms with E-state index in [9.17, 15) is 14.7 Å². The molecule has 172 valence electrons. The van der Waals surface area contributed by atoms with Gasteiger partial charge in [-0.2, -0.15) is 8.75 Å². The molecule has 0 unspecified atom stereocenters. The maximum atomic E-state index is 13.7. The van der Waals surface area contributed by atoms with E-state index in [0.717, 1.165) is 27.9 Å². The Morgan fingerprint density at radius 2 is 1.63 bits per heavy atom. The van der Waals surface area contributed by atoms with Crippen LogP contribution in [0.4, 0.5) is 5.69 Å². The predicted molar refractivity (Wildman–Crippen MR) is 136 cm³/mol. The van der Waals surface area contributed by atoms with Gasteiger partial charge in [-0.1, -0.05) is 18.2 Å². The summed E-state index contributed by atoms with van der Waals surface area (Å²) in [5.74, 6) is -1.76. The first-order chi connectivity index (χ1) is 16.4. The summed E-state index contributed by atoms with van der Waals surface area (Å²) in [6.45, 7) is 0. The average molecular weight is 512 g/mol. The Hall–Kier alpha value is -2.49. The van der Waals surface area contributed by atoms with Crippen LogP contribution in [0, 0.1) is 0 Å². The maximum Gasteiger partial charge on any atom is 1.00 e. The van der Waals surface area contributed by atoms with Gasteiger partial charge in [0, 0.05) is 47.8 Å². The number of carbonyl (C=O) groups is 2. The molecule has 0 bridgehead atoms. The molecule has 0 saturated carbocycles. The molecule has 3 aromatic carbocycles. The molecular weight excluding hydrogens is 489 g/mol. The molecule has 35 heavy (non-hydrogen) atoms. The van der Waals surface area contributed by atoms with Gasteiger partial charge in [-0.05, 0) is 65.9 Å². The summed E-state index contributed by atoms with van der Waals surface area (Å²) < 4.78 is 8.40. The number of carbonyl (C=O) groups excluding carboxylic acids is 2. The van der Waals surface area contributed by atoms with Gasteiger partial charge in [0.2, 0.25) is 0 Å². The zero-order valence-electron chi connectivity index (χ0n) is 19.9. The summed E-state index contributed by atoms with van der Waals surface area (Å²) in [6, 6.07) is 19.8. The molecule has 4 aromatic rings. The van der Waals surface area contributed by atoms with Crippen molar-refractivity contribution in [2.75, 3.05) is 25.3 Å². The third kappa shape index (κ3) is 6.20.